The predicted molar refractivity (Wildman–Crippen MR) is 57.0 cm³/mol. The van der Waals surface area contributed by atoms with Crippen molar-refractivity contribution < 1.29 is 14.3 Å². The lowest BCUT2D eigenvalue weighted by Gasteiger charge is -2.09. The molecule has 0 N–H and O–H groups in total. The van der Waals surface area contributed by atoms with Crippen LogP contribution in [-0.4, -0.2) is 18.3 Å². The first-order valence-electron chi connectivity index (χ1n) is 5.14. The molecule has 0 heterocycles. The Morgan fingerprint density at radius 1 is 1.53 bits per heavy atom. The second kappa shape index (κ2) is 9.16. The van der Waals surface area contributed by atoms with Gasteiger partial charge in [0, 0.05) is 12.5 Å². The van der Waals surface area contributed by atoms with Crippen LogP contribution in [0, 0.1) is 0 Å². The molecule has 15 heavy (non-hydrogen) atoms. The van der Waals surface area contributed by atoms with Gasteiger partial charge in [-0.15, -0.1) is 0 Å². The first kappa shape index (κ1) is 13.6. The number of unbranched alkanes of at least 4 members (excludes halogenated alkanes) is 2. The summed E-state index contributed by atoms with van der Waals surface area (Å²) in [7, 11) is 0. The van der Waals surface area contributed by atoms with Crippen LogP contribution in [0.15, 0.2) is 17.1 Å². The van der Waals surface area contributed by atoms with E-state index in [2.05, 4.69) is 11.9 Å². The van der Waals surface area contributed by atoms with Gasteiger partial charge in [-0.2, -0.15) is 4.99 Å². The third-order valence-corrected chi connectivity index (χ3v) is 1.81. The number of isocyanates is 1. The Kier molecular flexibility index (Phi) is 8.30. The zero-order chi connectivity index (χ0) is 11.5. The van der Waals surface area contributed by atoms with E-state index in [1.54, 1.807) is 13.0 Å². The molecule has 4 nitrogen and oxygen atoms in total. The highest BCUT2D eigenvalue weighted by Crippen LogP contribution is 2.08. The number of esters is 1. The number of aliphatic imine (C=N–C) groups is 1. The maximum absolute atomic E-state index is 11.1. The molecule has 0 bridgehead atoms. The van der Waals surface area contributed by atoms with Crippen LogP contribution in [0.4, 0.5) is 0 Å². The van der Waals surface area contributed by atoms with Crippen molar-refractivity contribution in [2.24, 2.45) is 4.99 Å². The summed E-state index contributed by atoms with van der Waals surface area (Å²) >= 11 is 0. The Hall–Kier alpha value is -1.41. The molecule has 0 amide bonds. The van der Waals surface area contributed by atoms with E-state index in [0.717, 1.165) is 19.3 Å². The monoisotopic (exact) mass is 211 g/mol. The van der Waals surface area contributed by atoms with Crippen molar-refractivity contribution >= 4 is 12.0 Å². The lowest BCUT2D eigenvalue weighted by molar-refractivity contribution is -0.142. The van der Waals surface area contributed by atoms with Crippen LogP contribution in [0.3, 0.4) is 0 Å². The quantitative estimate of drug-likeness (QED) is 0.213. The molecule has 0 spiro atoms. The Labute approximate surface area is 90.0 Å². The molecule has 84 valence electrons. The second-order valence-corrected chi connectivity index (χ2v) is 3.11. The number of hydrogen-bond donors (Lipinski definition) is 0. The van der Waals surface area contributed by atoms with E-state index in [4.69, 9.17) is 4.74 Å². The summed E-state index contributed by atoms with van der Waals surface area (Å²) in [6, 6.07) is 0. The molecule has 0 aromatic carbocycles. The molecule has 0 aromatic rings. The summed E-state index contributed by atoms with van der Waals surface area (Å²) < 4.78 is 4.92. The lowest BCUT2D eigenvalue weighted by atomic mass is 10.2. The number of hydrogen-bond acceptors (Lipinski definition) is 4. The minimum absolute atomic E-state index is 0.474. The Morgan fingerprint density at radius 3 is 2.80 bits per heavy atom. The van der Waals surface area contributed by atoms with Crippen molar-refractivity contribution in [2.75, 3.05) is 0 Å². The molecule has 4 heteroatoms. The summed E-state index contributed by atoms with van der Waals surface area (Å²) in [5, 5.41) is 0. The summed E-state index contributed by atoms with van der Waals surface area (Å²) in [6.07, 6.45) is 7.18. The minimum atomic E-state index is -0.683. The molecule has 0 aliphatic rings. The van der Waals surface area contributed by atoms with E-state index >= 15 is 0 Å². The summed E-state index contributed by atoms with van der Waals surface area (Å²) in [5.41, 5.74) is 0. The topological polar surface area (TPSA) is 55.7 Å². The van der Waals surface area contributed by atoms with Crippen molar-refractivity contribution in [1.82, 2.24) is 0 Å². The number of carbonyl (C=O) groups excluding carboxylic acids is 2. The summed E-state index contributed by atoms with van der Waals surface area (Å²) in [4.78, 5) is 24.6. The van der Waals surface area contributed by atoms with Crippen LogP contribution in [0.5, 0.6) is 0 Å². The molecule has 0 saturated carbocycles. The summed E-state index contributed by atoms with van der Waals surface area (Å²) in [6.45, 7) is 3.79. The standard InChI is InChI=1S/C11H17NO3/c1-3-5-6-8-10(12-9-13)15-11(14)7-4-2/h4,7,10H,3,5-6,8H2,1-2H3/b7-4+. The molecule has 0 rings (SSSR count). The maximum Gasteiger partial charge on any atom is 0.332 e. The Morgan fingerprint density at radius 2 is 2.27 bits per heavy atom. The fraction of sp³-hybridized carbons (Fsp3) is 0.636. The average Bonchev–Trinajstić information content (AvgIpc) is 2.18. The second-order valence-electron chi connectivity index (χ2n) is 3.11. The highest BCUT2D eigenvalue weighted by molar-refractivity contribution is 5.81. The molecule has 1 unspecified atom stereocenters. The van der Waals surface area contributed by atoms with Gasteiger partial charge in [0.05, 0.1) is 0 Å². The number of rotatable bonds is 7. The molecule has 0 saturated heterocycles. The van der Waals surface area contributed by atoms with Gasteiger partial charge in [0.1, 0.15) is 0 Å². The SMILES string of the molecule is C/C=C/C(=O)OC(CCCCC)N=C=O. The smallest absolute Gasteiger partial charge is 0.332 e. The molecular formula is C11H17NO3. The van der Waals surface area contributed by atoms with Crippen molar-refractivity contribution in [3.63, 3.8) is 0 Å². The molecule has 0 radical (unpaired) electrons. The minimum Gasteiger partial charge on any atom is -0.436 e. The van der Waals surface area contributed by atoms with Gasteiger partial charge in [-0.1, -0.05) is 25.8 Å². The molecule has 0 fully saturated rings. The molecule has 1 atom stereocenters. The van der Waals surface area contributed by atoms with Gasteiger partial charge < -0.3 is 4.74 Å². The largest absolute Gasteiger partial charge is 0.436 e. The predicted octanol–water partition coefficient (Wildman–Crippen LogP) is 2.35. The first-order valence-corrected chi connectivity index (χ1v) is 5.14. The summed E-state index contributed by atoms with van der Waals surface area (Å²) in [5.74, 6) is -0.474. The van der Waals surface area contributed by atoms with Gasteiger partial charge in [0.25, 0.3) is 0 Å². The van der Waals surface area contributed by atoms with Crippen molar-refractivity contribution in [1.29, 1.82) is 0 Å². The van der Waals surface area contributed by atoms with E-state index in [1.165, 1.54) is 12.2 Å². The normalized spacial score (nSPS) is 12.1. The van der Waals surface area contributed by atoms with Crippen molar-refractivity contribution in [3.8, 4) is 0 Å². The third kappa shape index (κ3) is 7.65. The van der Waals surface area contributed by atoms with Gasteiger partial charge in [0.15, 0.2) is 0 Å². The van der Waals surface area contributed by atoms with Gasteiger partial charge in [-0.25, -0.2) is 9.59 Å². The molecule has 0 aromatic heterocycles. The molecule has 0 aliphatic heterocycles. The zero-order valence-corrected chi connectivity index (χ0v) is 9.23. The fourth-order valence-corrected chi connectivity index (χ4v) is 1.09. The average molecular weight is 211 g/mol. The van der Waals surface area contributed by atoms with Crippen LogP contribution in [0.1, 0.15) is 39.5 Å². The zero-order valence-electron chi connectivity index (χ0n) is 9.23. The van der Waals surface area contributed by atoms with Crippen LogP contribution in [-0.2, 0) is 14.3 Å². The van der Waals surface area contributed by atoms with Gasteiger partial charge in [-0.05, 0) is 13.3 Å². The number of nitrogens with zero attached hydrogens (tertiary/aromatic N) is 1. The van der Waals surface area contributed by atoms with Crippen molar-refractivity contribution in [2.45, 2.75) is 45.8 Å². The Bertz CT molecular complexity index is 255. The van der Waals surface area contributed by atoms with Gasteiger partial charge in [-0.3, -0.25) is 0 Å². The van der Waals surface area contributed by atoms with Crippen molar-refractivity contribution in [3.05, 3.63) is 12.2 Å². The van der Waals surface area contributed by atoms with E-state index < -0.39 is 12.2 Å². The first-order chi connectivity index (χ1) is 7.24. The van der Waals surface area contributed by atoms with E-state index in [0.29, 0.717) is 6.42 Å². The van der Waals surface area contributed by atoms with E-state index in [-0.39, 0.29) is 0 Å². The highest BCUT2D eigenvalue weighted by Gasteiger charge is 2.10. The fourth-order valence-electron chi connectivity index (χ4n) is 1.09. The van der Waals surface area contributed by atoms with E-state index in [9.17, 15) is 9.59 Å². The van der Waals surface area contributed by atoms with Crippen LogP contribution >= 0.6 is 0 Å². The lowest BCUT2D eigenvalue weighted by Crippen LogP contribution is -2.14. The Balaban J connectivity index is 4.03. The number of carbonyl (C=O) groups is 1. The van der Waals surface area contributed by atoms with Gasteiger partial charge in [0.2, 0.25) is 12.3 Å². The number of ether oxygens (including phenoxy) is 1. The van der Waals surface area contributed by atoms with Gasteiger partial charge >= 0.3 is 5.97 Å². The number of allylic oxidation sites excluding steroid dienone is 1. The molecule has 0 aliphatic carbocycles. The third-order valence-electron chi connectivity index (χ3n) is 1.81. The van der Waals surface area contributed by atoms with Crippen LogP contribution in [0.25, 0.3) is 0 Å². The van der Waals surface area contributed by atoms with E-state index in [1.807, 2.05) is 0 Å². The maximum atomic E-state index is 11.1. The highest BCUT2D eigenvalue weighted by atomic mass is 16.6. The molecular weight excluding hydrogens is 194 g/mol. The van der Waals surface area contributed by atoms with Crippen LogP contribution in [0.2, 0.25) is 0 Å². The van der Waals surface area contributed by atoms with Crippen LogP contribution < -0.4 is 0 Å².